The minimum atomic E-state index is -0.0310. The van der Waals surface area contributed by atoms with Gasteiger partial charge in [-0.1, -0.05) is 17.7 Å². The van der Waals surface area contributed by atoms with Crippen LogP contribution in [0.2, 0.25) is 5.02 Å². The topological polar surface area (TPSA) is 45.6 Å². The first-order chi connectivity index (χ1) is 10.7. The summed E-state index contributed by atoms with van der Waals surface area (Å²) in [6.45, 7) is 4.14. The standard InChI is InChI=1S/C17H14ClN3O/c1-2-9-21-16-10-13(18)3-4-14(16)20-15(11-17(21)22)12-5-7-19-8-6-12/h2-8,10H,1,9,11H2. The van der Waals surface area contributed by atoms with Crippen molar-refractivity contribution in [3.05, 3.63) is 66.0 Å². The monoisotopic (exact) mass is 311 g/mol. The molecule has 1 aromatic carbocycles. The van der Waals surface area contributed by atoms with E-state index in [1.165, 1.54) is 0 Å². The lowest BCUT2D eigenvalue weighted by Crippen LogP contribution is -2.31. The summed E-state index contributed by atoms with van der Waals surface area (Å²) >= 11 is 6.08. The number of rotatable bonds is 3. The molecule has 1 aliphatic rings. The molecule has 110 valence electrons. The van der Waals surface area contributed by atoms with Crippen LogP contribution in [0, 0.1) is 0 Å². The summed E-state index contributed by atoms with van der Waals surface area (Å²) in [5.41, 5.74) is 3.05. The molecule has 0 saturated carbocycles. The summed E-state index contributed by atoms with van der Waals surface area (Å²) in [6, 6.07) is 9.07. The van der Waals surface area contributed by atoms with E-state index in [2.05, 4.69) is 16.6 Å². The zero-order chi connectivity index (χ0) is 15.5. The number of fused-ring (bicyclic) bond motifs is 1. The predicted molar refractivity (Wildman–Crippen MR) is 89.1 cm³/mol. The molecule has 0 aliphatic carbocycles. The molecule has 0 saturated heterocycles. The van der Waals surface area contributed by atoms with Gasteiger partial charge in [0.25, 0.3) is 0 Å². The number of carbonyl (C=O) groups excluding carboxylic acids is 1. The van der Waals surface area contributed by atoms with Crippen molar-refractivity contribution in [1.29, 1.82) is 0 Å². The Bertz CT molecular complexity index is 756. The molecule has 2 heterocycles. The molecule has 0 radical (unpaired) electrons. The summed E-state index contributed by atoms with van der Waals surface area (Å²) in [4.78, 5) is 22.9. The second kappa shape index (κ2) is 6.12. The van der Waals surface area contributed by atoms with Crippen molar-refractivity contribution in [2.75, 3.05) is 11.4 Å². The van der Waals surface area contributed by atoms with Crippen molar-refractivity contribution >= 4 is 34.6 Å². The summed E-state index contributed by atoms with van der Waals surface area (Å²) in [5.74, 6) is -0.0310. The molecule has 0 unspecified atom stereocenters. The van der Waals surface area contributed by atoms with E-state index >= 15 is 0 Å². The van der Waals surface area contributed by atoms with Gasteiger partial charge in [-0.05, 0) is 35.9 Å². The zero-order valence-corrected chi connectivity index (χ0v) is 12.6. The Morgan fingerprint density at radius 2 is 2.05 bits per heavy atom. The van der Waals surface area contributed by atoms with E-state index in [0.717, 1.165) is 17.0 Å². The third-order valence-corrected chi connectivity index (χ3v) is 3.66. The van der Waals surface area contributed by atoms with Gasteiger partial charge in [-0.25, -0.2) is 0 Å². The van der Waals surface area contributed by atoms with Crippen LogP contribution in [-0.2, 0) is 4.79 Å². The maximum absolute atomic E-state index is 12.6. The number of hydrogen-bond donors (Lipinski definition) is 0. The number of hydrogen-bond acceptors (Lipinski definition) is 3. The van der Waals surface area contributed by atoms with Crippen LogP contribution in [0.15, 0.2) is 60.4 Å². The molecular weight excluding hydrogens is 298 g/mol. The van der Waals surface area contributed by atoms with Crippen LogP contribution < -0.4 is 4.90 Å². The van der Waals surface area contributed by atoms with Gasteiger partial charge in [-0.15, -0.1) is 6.58 Å². The first-order valence-corrected chi connectivity index (χ1v) is 7.25. The van der Waals surface area contributed by atoms with E-state index in [4.69, 9.17) is 11.6 Å². The molecule has 1 amide bonds. The van der Waals surface area contributed by atoms with Crippen molar-refractivity contribution in [1.82, 2.24) is 4.98 Å². The smallest absolute Gasteiger partial charge is 0.233 e. The first kappa shape index (κ1) is 14.5. The highest BCUT2D eigenvalue weighted by Crippen LogP contribution is 2.35. The Kier molecular flexibility index (Phi) is 4.02. The Balaban J connectivity index is 2.13. The van der Waals surface area contributed by atoms with Gasteiger partial charge in [0.15, 0.2) is 0 Å². The van der Waals surface area contributed by atoms with Crippen LogP contribution >= 0.6 is 11.6 Å². The number of aromatic nitrogens is 1. The Morgan fingerprint density at radius 1 is 1.27 bits per heavy atom. The summed E-state index contributed by atoms with van der Waals surface area (Å²) in [5, 5.41) is 0.572. The normalized spacial score (nSPS) is 14.1. The highest BCUT2D eigenvalue weighted by atomic mass is 35.5. The number of benzene rings is 1. The van der Waals surface area contributed by atoms with Gasteiger partial charge in [0.05, 0.1) is 23.5 Å². The van der Waals surface area contributed by atoms with E-state index in [-0.39, 0.29) is 12.3 Å². The average Bonchev–Trinajstić information content (AvgIpc) is 2.66. The van der Waals surface area contributed by atoms with Crippen LogP contribution in [0.1, 0.15) is 12.0 Å². The highest BCUT2D eigenvalue weighted by molar-refractivity contribution is 6.31. The second-order valence-corrected chi connectivity index (χ2v) is 5.33. The van der Waals surface area contributed by atoms with Gasteiger partial charge in [0, 0.05) is 24.0 Å². The zero-order valence-electron chi connectivity index (χ0n) is 11.9. The number of aliphatic imine (C=N–C) groups is 1. The number of amides is 1. The predicted octanol–water partition coefficient (Wildman–Crippen LogP) is 3.78. The van der Waals surface area contributed by atoms with E-state index in [0.29, 0.717) is 17.3 Å². The van der Waals surface area contributed by atoms with E-state index < -0.39 is 0 Å². The molecule has 3 rings (SSSR count). The van der Waals surface area contributed by atoms with Crippen LogP contribution in [0.25, 0.3) is 0 Å². The molecule has 0 fully saturated rings. The molecule has 5 heteroatoms. The maximum Gasteiger partial charge on any atom is 0.233 e. The van der Waals surface area contributed by atoms with Gasteiger partial charge in [-0.3, -0.25) is 14.8 Å². The van der Waals surface area contributed by atoms with Crippen LogP contribution in [-0.4, -0.2) is 23.1 Å². The van der Waals surface area contributed by atoms with Gasteiger partial charge >= 0.3 is 0 Å². The lowest BCUT2D eigenvalue weighted by molar-refractivity contribution is -0.117. The number of halogens is 1. The number of nitrogens with zero attached hydrogens (tertiary/aromatic N) is 3. The van der Waals surface area contributed by atoms with E-state index in [1.807, 2.05) is 18.2 Å². The van der Waals surface area contributed by atoms with Crippen molar-refractivity contribution in [3.8, 4) is 0 Å². The fourth-order valence-corrected chi connectivity index (χ4v) is 2.57. The molecule has 2 aromatic rings. The molecule has 1 aromatic heterocycles. The molecule has 4 nitrogen and oxygen atoms in total. The van der Waals surface area contributed by atoms with Crippen molar-refractivity contribution in [2.45, 2.75) is 6.42 Å². The Hall–Kier alpha value is -2.46. The van der Waals surface area contributed by atoms with Crippen LogP contribution in [0.3, 0.4) is 0 Å². The molecular formula is C17H14ClN3O. The lowest BCUT2D eigenvalue weighted by Gasteiger charge is -2.20. The average molecular weight is 312 g/mol. The summed E-state index contributed by atoms with van der Waals surface area (Å²) in [7, 11) is 0. The van der Waals surface area contributed by atoms with E-state index in [9.17, 15) is 4.79 Å². The van der Waals surface area contributed by atoms with Crippen molar-refractivity contribution in [3.63, 3.8) is 0 Å². The number of carbonyl (C=O) groups is 1. The Labute approximate surface area is 133 Å². The Morgan fingerprint density at radius 3 is 2.77 bits per heavy atom. The van der Waals surface area contributed by atoms with Gasteiger partial charge in [-0.2, -0.15) is 0 Å². The lowest BCUT2D eigenvalue weighted by atomic mass is 10.1. The molecule has 22 heavy (non-hydrogen) atoms. The fraction of sp³-hybridized carbons (Fsp3) is 0.118. The largest absolute Gasteiger partial charge is 0.306 e. The van der Waals surface area contributed by atoms with Gasteiger partial charge in [0.1, 0.15) is 0 Å². The quantitative estimate of drug-likeness (QED) is 0.810. The molecule has 0 N–H and O–H groups in total. The maximum atomic E-state index is 12.6. The molecule has 0 atom stereocenters. The fourth-order valence-electron chi connectivity index (χ4n) is 2.41. The number of anilines is 1. The van der Waals surface area contributed by atoms with Gasteiger partial charge in [0.2, 0.25) is 5.91 Å². The molecule has 1 aliphatic heterocycles. The summed E-state index contributed by atoms with van der Waals surface area (Å²) < 4.78 is 0. The third-order valence-electron chi connectivity index (χ3n) is 3.43. The minimum Gasteiger partial charge on any atom is -0.306 e. The van der Waals surface area contributed by atoms with Crippen LogP contribution in [0.4, 0.5) is 11.4 Å². The highest BCUT2D eigenvalue weighted by Gasteiger charge is 2.24. The summed E-state index contributed by atoms with van der Waals surface area (Å²) in [6.07, 6.45) is 5.30. The molecule has 0 bridgehead atoms. The SMILES string of the molecule is C=CCN1C(=O)CC(c2ccncc2)=Nc2ccc(Cl)cc21. The van der Waals surface area contributed by atoms with Crippen molar-refractivity contribution in [2.24, 2.45) is 4.99 Å². The van der Waals surface area contributed by atoms with Crippen molar-refractivity contribution < 1.29 is 4.79 Å². The number of pyridine rings is 1. The minimum absolute atomic E-state index is 0.0310. The second-order valence-electron chi connectivity index (χ2n) is 4.90. The van der Waals surface area contributed by atoms with E-state index in [1.54, 1.807) is 35.5 Å². The molecule has 0 spiro atoms. The van der Waals surface area contributed by atoms with Gasteiger partial charge < -0.3 is 4.90 Å². The first-order valence-electron chi connectivity index (χ1n) is 6.88. The third kappa shape index (κ3) is 2.78. The van der Waals surface area contributed by atoms with Crippen LogP contribution in [0.5, 0.6) is 0 Å².